The number of rotatable bonds is 5. The van der Waals surface area contributed by atoms with Gasteiger partial charge in [-0.2, -0.15) is 0 Å². The molecule has 0 spiro atoms. The predicted molar refractivity (Wildman–Crippen MR) is 113 cm³/mol. The summed E-state index contributed by atoms with van der Waals surface area (Å²) in [6.07, 6.45) is 2.04. The fraction of sp³-hybridized carbons (Fsp3) is 0.364. The fourth-order valence-corrected chi connectivity index (χ4v) is 4.22. The zero-order chi connectivity index (χ0) is 21.3. The molecule has 2 aromatic heterocycles. The van der Waals surface area contributed by atoms with Gasteiger partial charge in [-0.3, -0.25) is 4.40 Å². The van der Waals surface area contributed by atoms with Gasteiger partial charge in [0.05, 0.1) is 5.56 Å². The van der Waals surface area contributed by atoms with Crippen molar-refractivity contribution in [1.29, 1.82) is 0 Å². The quantitative estimate of drug-likeness (QED) is 0.587. The number of imidazole rings is 1. The summed E-state index contributed by atoms with van der Waals surface area (Å²) in [4.78, 5) is 16.6. The number of pyridine rings is 1. The molecule has 3 aromatic rings. The number of benzene rings is 1. The minimum atomic E-state index is -2.60. The molecule has 1 aliphatic rings. The van der Waals surface area contributed by atoms with E-state index in [2.05, 4.69) is 10.3 Å². The molecule has 0 unspecified atom stereocenters. The maximum atomic E-state index is 13.0. The first-order valence-corrected chi connectivity index (χ1v) is 10.4. The van der Waals surface area contributed by atoms with Gasteiger partial charge in [-0.25, -0.2) is 18.6 Å². The average Bonchev–Trinajstić information content (AvgIpc) is 3.20. The molecule has 0 aliphatic heterocycles. The minimum absolute atomic E-state index is 0.0151. The summed E-state index contributed by atoms with van der Waals surface area (Å²) in [6, 6.07) is 13.0. The molecule has 0 radical (unpaired) electrons. The predicted octanol–water partition coefficient (Wildman–Crippen LogP) is 4.89. The van der Waals surface area contributed by atoms with Crippen LogP contribution in [0, 0.1) is 6.92 Å². The maximum Gasteiger partial charge on any atom is 0.433 e. The molecule has 8 heteroatoms. The van der Waals surface area contributed by atoms with Crippen LogP contribution < -0.4 is 5.32 Å². The van der Waals surface area contributed by atoms with E-state index in [9.17, 15) is 13.6 Å². The first-order chi connectivity index (χ1) is 14.4. The van der Waals surface area contributed by atoms with Crippen LogP contribution in [0.25, 0.3) is 5.65 Å². The van der Waals surface area contributed by atoms with Gasteiger partial charge in [-0.15, -0.1) is 0 Å². The number of alkyl halides is 2. The van der Waals surface area contributed by atoms with E-state index in [0.717, 1.165) is 37.1 Å². The Morgan fingerprint density at radius 2 is 1.87 bits per heavy atom. The number of anilines is 1. The molecule has 5 nitrogen and oxygen atoms in total. The molecule has 4 rings (SSSR count). The third kappa shape index (κ3) is 4.23. The van der Waals surface area contributed by atoms with Crippen molar-refractivity contribution in [3.05, 3.63) is 65.5 Å². The van der Waals surface area contributed by atoms with E-state index in [0.29, 0.717) is 11.2 Å². The normalized spacial score (nSPS) is 19.2. The molecule has 1 saturated carbocycles. The minimum Gasteiger partial charge on any atom is -0.368 e. The van der Waals surface area contributed by atoms with Gasteiger partial charge >= 0.3 is 5.91 Å². The first kappa shape index (κ1) is 20.5. The Kier molecular flexibility index (Phi) is 5.85. The number of hydrogen-bond acceptors (Lipinski definition) is 4. The number of amides is 1. The number of halogens is 2. The number of carbonyl (C=O) groups excluding carboxylic acids is 1. The monoisotopic (exact) mass is 429 g/mol. The Balaban J connectivity index is 1.39. The molecule has 1 N–H and O–H groups in total. The van der Waals surface area contributed by atoms with Crippen molar-refractivity contribution in [2.45, 2.75) is 51.1 Å². The van der Waals surface area contributed by atoms with Crippen LogP contribution in [0.1, 0.15) is 53.7 Å². The van der Waals surface area contributed by atoms with Crippen LogP contribution in [0.2, 0.25) is 0 Å². The first-order valence-electron chi connectivity index (χ1n) is 10.0. The van der Waals surface area contributed by atoms with Gasteiger partial charge in [-0.05, 0) is 44.0 Å². The summed E-state index contributed by atoms with van der Waals surface area (Å²) >= 11 is 5.43. The van der Waals surface area contributed by atoms with Gasteiger partial charge in [0, 0.05) is 25.1 Å². The van der Waals surface area contributed by atoms with Crippen molar-refractivity contribution >= 4 is 29.8 Å². The van der Waals surface area contributed by atoms with Gasteiger partial charge in [0.1, 0.15) is 17.2 Å². The third-order valence-electron chi connectivity index (χ3n) is 5.61. The number of carbonyl (C=O) groups is 1. The number of aryl methyl sites for hydroxylation is 1. The topological polar surface area (TPSA) is 49.4 Å². The molecule has 0 saturated heterocycles. The molecule has 1 fully saturated rings. The summed E-state index contributed by atoms with van der Waals surface area (Å²) in [5.74, 6) is 0.602. The van der Waals surface area contributed by atoms with E-state index in [-0.39, 0.29) is 23.7 Å². The van der Waals surface area contributed by atoms with E-state index in [1.165, 1.54) is 10.1 Å². The van der Waals surface area contributed by atoms with Gasteiger partial charge in [0.15, 0.2) is 6.04 Å². The Morgan fingerprint density at radius 3 is 2.53 bits per heavy atom. The van der Waals surface area contributed by atoms with Crippen LogP contribution in [0.15, 0.2) is 48.7 Å². The molecule has 1 amide bonds. The second-order valence-corrected chi connectivity index (χ2v) is 8.15. The molecule has 2 heterocycles. The van der Waals surface area contributed by atoms with Crippen LogP contribution >= 0.6 is 0 Å². The Morgan fingerprint density at radius 1 is 1.17 bits per heavy atom. The van der Waals surface area contributed by atoms with Crippen molar-refractivity contribution in [1.82, 2.24) is 9.38 Å². The lowest BCUT2D eigenvalue weighted by Gasteiger charge is -2.26. The summed E-state index contributed by atoms with van der Waals surface area (Å²) < 4.78 is 29.1. The number of hydrogen-bond donors (Lipinski definition) is 1. The molecular formula is C22H23F2N4OS+. The third-order valence-corrected chi connectivity index (χ3v) is 6.08. The van der Waals surface area contributed by atoms with Crippen molar-refractivity contribution in [3.8, 4) is 0 Å². The van der Waals surface area contributed by atoms with E-state index < -0.39 is 6.43 Å². The van der Waals surface area contributed by atoms with Crippen molar-refractivity contribution in [3.63, 3.8) is 0 Å². The highest BCUT2D eigenvalue weighted by Gasteiger charge is 2.34. The summed E-state index contributed by atoms with van der Waals surface area (Å²) in [6.45, 7) is 1.98. The van der Waals surface area contributed by atoms with Crippen molar-refractivity contribution < 1.29 is 17.5 Å². The molecule has 0 bridgehead atoms. The second kappa shape index (κ2) is 8.55. The fourth-order valence-electron chi connectivity index (χ4n) is 3.91. The molecule has 0 atom stereocenters. The SMILES string of the molecule is Cc1ccc(C(=O)[N+](=S)[C@H]2CC[C@@H](Nc3cccc4nc(C(F)F)cn34)CC2)cc1. The number of nitrogens with zero attached hydrogens (tertiary/aromatic N) is 3. The summed E-state index contributed by atoms with van der Waals surface area (Å²) in [5, 5.41) is 3.44. The summed E-state index contributed by atoms with van der Waals surface area (Å²) in [5.41, 5.74) is 1.97. The van der Waals surface area contributed by atoms with E-state index in [4.69, 9.17) is 12.4 Å². The number of aromatic nitrogens is 2. The average molecular weight is 430 g/mol. The largest absolute Gasteiger partial charge is 0.433 e. The zero-order valence-corrected chi connectivity index (χ0v) is 17.4. The Bertz CT molecular complexity index is 1070. The standard InChI is InChI=1S/C22H23F2N4OS/c1-14-5-7-15(8-6-14)22(29)28(30)17-11-9-16(10-12-17)25-19-3-2-4-20-26-18(21(23)24)13-27(19)20/h2-8,13,16-17,21,25H,9-12H2,1H3/q+1/t16-,17+. The lowest BCUT2D eigenvalue weighted by atomic mass is 9.91. The maximum absolute atomic E-state index is 13.0. The van der Waals surface area contributed by atoms with E-state index in [1.54, 1.807) is 16.5 Å². The molecule has 1 aromatic carbocycles. The van der Waals surface area contributed by atoms with Crippen molar-refractivity contribution in [2.24, 2.45) is 0 Å². The highest BCUT2D eigenvalue weighted by Crippen LogP contribution is 2.26. The van der Waals surface area contributed by atoms with Gasteiger partial charge in [0.2, 0.25) is 0 Å². The molecule has 1 aliphatic carbocycles. The lowest BCUT2D eigenvalue weighted by molar-refractivity contribution is -0.448. The lowest BCUT2D eigenvalue weighted by Crippen LogP contribution is -2.37. The van der Waals surface area contributed by atoms with Crippen LogP contribution in [-0.2, 0) is 12.4 Å². The van der Waals surface area contributed by atoms with Gasteiger partial charge in [0.25, 0.3) is 18.9 Å². The Labute approximate surface area is 178 Å². The van der Waals surface area contributed by atoms with E-state index in [1.807, 2.05) is 37.3 Å². The van der Waals surface area contributed by atoms with E-state index >= 15 is 0 Å². The van der Waals surface area contributed by atoms with Crippen LogP contribution in [-0.4, -0.2) is 31.3 Å². The molecule has 30 heavy (non-hydrogen) atoms. The van der Waals surface area contributed by atoms with Gasteiger partial charge < -0.3 is 5.32 Å². The van der Waals surface area contributed by atoms with Crippen LogP contribution in [0.4, 0.5) is 14.6 Å². The zero-order valence-electron chi connectivity index (χ0n) is 16.6. The highest BCUT2D eigenvalue weighted by molar-refractivity contribution is 7.44. The number of fused-ring (bicyclic) bond motifs is 1. The number of nitrogens with one attached hydrogen (secondary N) is 1. The smallest absolute Gasteiger partial charge is 0.368 e. The Hall–Kier alpha value is -2.74. The summed E-state index contributed by atoms with van der Waals surface area (Å²) in [7, 11) is 0. The second-order valence-electron chi connectivity index (χ2n) is 7.75. The van der Waals surface area contributed by atoms with Gasteiger partial charge in [-0.1, -0.05) is 27.7 Å². The molecular weight excluding hydrogens is 406 g/mol. The van der Waals surface area contributed by atoms with Crippen LogP contribution in [0.3, 0.4) is 0 Å². The highest BCUT2D eigenvalue weighted by atomic mass is 32.1. The molecule has 156 valence electrons. The van der Waals surface area contributed by atoms with Crippen molar-refractivity contribution in [2.75, 3.05) is 5.32 Å². The van der Waals surface area contributed by atoms with Crippen LogP contribution in [0.5, 0.6) is 0 Å².